The Morgan fingerprint density at radius 1 is 1.56 bits per heavy atom. The van der Waals surface area contributed by atoms with E-state index in [4.69, 9.17) is 11.6 Å². The number of tetrazole rings is 1. The molecule has 1 aromatic carbocycles. The predicted octanol–water partition coefficient (Wildman–Crippen LogP) is 1.50. The molecule has 0 spiro atoms. The molecule has 0 aliphatic carbocycles. The van der Waals surface area contributed by atoms with Crippen LogP contribution >= 0.6 is 11.6 Å². The number of hydrogen-bond acceptors (Lipinski definition) is 4. The number of halogens is 1. The Bertz CT molecular complexity index is 570. The fourth-order valence-corrected chi connectivity index (χ4v) is 1.90. The molecule has 1 atom stereocenters. The van der Waals surface area contributed by atoms with Crippen LogP contribution in [0.5, 0.6) is 0 Å². The summed E-state index contributed by atoms with van der Waals surface area (Å²) in [5.41, 5.74) is 0.824. The second-order valence-electron chi connectivity index (χ2n) is 3.86. The number of hydrogen-bond donors (Lipinski definition) is 1. The van der Waals surface area contributed by atoms with Crippen molar-refractivity contribution < 1.29 is 9.90 Å². The minimum atomic E-state index is -0.981. The van der Waals surface area contributed by atoms with Gasteiger partial charge in [0, 0.05) is 11.4 Å². The lowest BCUT2D eigenvalue weighted by Crippen LogP contribution is -2.23. The molecule has 0 saturated heterocycles. The van der Waals surface area contributed by atoms with Crippen LogP contribution in [0, 0.1) is 6.92 Å². The summed E-state index contributed by atoms with van der Waals surface area (Å²) in [4.78, 5) is 11.3. The number of aliphatic carboxylic acids is 1. The smallest absolute Gasteiger partial charge is 0.328 e. The Labute approximate surface area is 108 Å². The average Bonchev–Trinajstić information content (AvgIpc) is 2.72. The van der Waals surface area contributed by atoms with Gasteiger partial charge in [0.1, 0.15) is 5.82 Å². The van der Waals surface area contributed by atoms with Crippen molar-refractivity contribution in [1.82, 2.24) is 20.2 Å². The molecule has 2 aromatic rings. The molecule has 0 unspecified atom stereocenters. The lowest BCUT2D eigenvalue weighted by atomic mass is 10.1. The van der Waals surface area contributed by atoms with Crippen molar-refractivity contribution in [3.63, 3.8) is 0 Å². The highest BCUT2D eigenvalue weighted by Crippen LogP contribution is 2.18. The van der Waals surface area contributed by atoms with E-state index in [-0.39, 0.29) is 6.42 Å². The Balaban J connectivity index is 2.28. The Morgan fingerprint density at radius 2 is 2.33 bits per heavy atom. The largest absolute Gasteiger partial charge is 0.480 e. The van der Waals surface area contributed by atoms with Gasteiger partial charge in [-0.25, -0.2) is 9.48 Å². The van der Waals surface area contributed by atoms with E-state index in [1.54, 1.807) is 25.1 Å². The van der Waals surface area contributed by atoms with Gasteiger partial charge < -0.3 is 5.11 Å². The highest BCUT2D eigenvalue weighted by molar-refractivity contribution is 6.30. The summed E-state index contributed by atoms with van der Waals surface area (Å²) < 4.78 is 1.29. The molecule has 6 nitrogen and oxygen atoms in total. The van der Waals surface area contributed by atoms with Crippen molar-refractivity contribution >= 4 is 17.6 Å². The van der Waals surface area contributed by atoms with Crippen LogP contribution in [-0.2, 0) is 11.2 Å². The summed E-state index contributed by atoms with van der Waals surface area (Å²) in [5.74, 6) is -0.519. The van der Waals surface area contributed by atoms with Crippen molar-refractivity contribution in [1.29, 1.82) is 0 Å². The normalized spacial score (nSPS) is 12.3. The van der Waals surface area contributed by atoms with Crippen molar-refractivity contribution in [2.24, 2.45) is 0 Å². The first-order valence-electron chi connectivity index (χ1n) is 5.29. The van der Waals surface area contributed by atoms with E-state index in [0.717, 1.165) is 5.56 Å². The fourth-order valence-electron chi connectivity index (χ4n) is 1.69. The van der Waals surface area contributed by atoms with Crippen LogP contribution in [0.15, 0.2) is 24.3 Å². The topological polar surface area (TPSA) is 80.9 Å². The maximum absolute atomic E-state index is 11.3. The molecule has 1 aromatic heterocycles. The number of carbonyl (C=O) groups is 1. The van der Waals surface area contributed by atoms with Crippen LogP contribution in [0.25, 0.3) is 0 Å². The highest BCUT2D eigenvalue weighted by atomic mass is 35.5. The fraction of sp³-hybridized carbons (Fsp3) is 0.273. The van der Waals surface area contributed by atoms with Crippen molar-refractivity contribution in [2.75, 3.05) is 0 Å². The molecule has 0 radical (unpaired) electrons. The molecule has 7 heteroatoms. The molecule has 94 valence electrons. The van der Waals surface area contributed by atoms with Crippen LogP contribution < -0.4 is 0 Å². The number of nitrogens with zero attached hydrogens (tertiary/aromatic N) is 4. The summed E-state index contributed by atoms with van der Waals surface area (Å²) in [6.45, 7) is 1.66. The van der Waals surface area contributed by atoms with E-state index in [1.165, 1.54) is 4.68 Å². The van der Waals surface area contributed by atoms with Crippen LogP contribution in [-0.4, -0.2) is 31.3 Å². The SMILES string of the molecule is Cc1nnnn1[C@@H](Cc1cccc(Cl)c1)C(=O)O. The van der Waals surface area contributed by atoms with Gasteiger partial charge in [-0.05, 0) is 35.0 Å². The summed E-state index contributed by atoms with van der Waals surface area (Å²) in [6.07, 6.45) is 0.280. The van der Waals surface area contributed by atoms with Crippen molar-refractivity contribution in [2.45, 2.75) is 19.4 Å². The van der Waals surface area contributed by atoms with Gasteiger partial charge in [0.15, 0.2) is 6.04 Å². The van der Waals surface area contributed by atoms with Crippen LogP contribution in [0.4, 0.5) is 0 Å². The predicted molar refractivity (Wildman–Crippen MR) is 64.4 cm³/mol. The quantitative estimate of drug-likeness (QED) is 0.907. The monoisotopic (exact) mass is 266 g/mol. The second-order valence-corrected chi connectivity index (χ2v) is 4.30. The molecule has 0 bridgehead atoms. The van der Waals surface area contributed by atoms with E-state index in [0.29, 0.717) is 10.8 Å². The first-order valence-corrected chi connectivity index (χ1v) is 5.67. The first-order chi connectivity index (χ1) is 8.58. The number of benzene rings is 1. The third-order valence-corrected chi connectivity index (χ3v) is 2.79. The van der Waals surface area contributed by atoms with Crippen molar-refractivity contribution in [3.05, 3.63) is 40.7 Å². The van der Waals surface area contributed by atoms with E-state index in [2.05, 4.69) is 15.5 Å². The molecular weight excluding hydrogens is 256 g/mol. The molecule has 2 rings (SSSR count). The molecule has 18 heavy (non-hydrogen) atoms. The van der Waals surface area contributed by atoms with E-state index in [1.807, 2.05) is 6.07 Å². The zero-order chi connectivity index (χ0) is 13.1. The van der Waals surface area contributed by atoms with E-state index in [9.17, 15) is 9.90 Å². The summed E-state index contributed by atoms with van der Waals surface area (Å²) in [6, 6.07) is 6.24. The maximum Gasteiger partial charge on any atom is 0.328 e. The van der Waals surface area contributed by atoms with Gasteiger partial charge in [-0.2, -0.15) is 0 Å². The van der Waals surface area contributed by atoms with Gasteiger partial charge >= 0.3 is 5.97 Å². The van der Waals surface area contributed by atoms with E-state index >= 15 is 0 Å². The summed E-state index contributed by atoms with van der Waals surface area (Å²) in [5, 5.41) is 20.7. The maximum atomic E-state index is 11.3. The zero-order valence-corrected chi connectivity index (χ0v) is 10.4. The first kappa shape index (κ1) is 12.5. The summed E-state index contributed by atoms with van der Waals surface area (Å²) in [7, 11) is 0. The molecule has 1 N–H and O–H groups in total. The molecule has 0 aliphatic heterocycles. The molecule has 1 heterocycles. The molecule has 0 saturated carbocycles. The lowest BCUT2D eigenvalue weighted by molar-refractivity contribution is -0.141. The Morgan fingerprint density at radius 3 is 2.89 bits per heavy atom. The van der Waals surface area contributed by atoms with Gasteiger partial charge in [-0.15, -0.1) is 5.10 Å². The molecular formula is C11H11ClN4O2. The molecule has 0 amide bonds. The standard InChI is InChI=1S/C11H11ClN4O2/c1-7-13-14-15-16(7)10(11(17)18)6-8-3-2-4-9(12)5-8/h2-5,10H,6H2,1H3,(H,17,18)/t10-/m0/s1. The number of aryl methyl sites for hydroxylation is 1. The number of carboxylic acid groups (broad SMARTS) is 1. The minimum absolute atomic E-state index is 0.280. The van der Waals surface area contributed by atoms with E-state index < -0.39 is 12.0 Å². The van der Waals surface area contributed by atoms with Crippen LogP contribution in [0.1, 0.15) is 17.4 Å². The third kappa shape index (κ3) is 2.65. The van der Waals surface area contributed by atoms with Gasteiger partial charge in [-0.3, -0.25) is 0 Å². The Hall–Kier alpha value is -1.95. The summed E-state index contributed by atoms with van der Waals surface area (Å²) >= 11 is 5.87. The number of rotatable bonds is 4. The van der Waals surface area contributed by atoms with Gasteiger partial charge in [0.05, 0.1) is 0 Å². The van der Waals surface area contributed by atoms with Crippen LogP contribution in [0.2, 0.25) is 5.02 Å². The van der Waals surface area contributed by atoms with Crippen molar-refractivity contribution in [3.8, 4) is 0 Å². The molecule has 0 fully saturated rings. The number of aromatic nitrogens is 4. The minimum Gasteiger partial charge on any atom is -0.480 e. The second kappa shape index (κ2) is 5.14. The van der Waals surface area contributed by atoms with Crippen LogP contribution in [0.3, 0.4) is 0 Å². The third-order valence-electron chi connectivity index (χ3n) is 2.56. The lowest BCUT2D eigenvalue weighted by Gasteiger charge is -2.13. The van der Waals surface area contributed by atoms with Gasteiger partial charge in [-0.1, -0.05) is 23.7 Å². The van der Waals surface area contributed by atoms with Gasteiger partial charge in [0.25, 0.3) is 0 Å². The average molecular weight is 267 g/mol. The highest BCUT2D eigenvalue weighted by Gasteiger charge is 2.23. The van der Waals surface area contributed by atoms with Gasteiger partial charge in [0.2, 0.25) is 0 Å². The number of carboxylic acids is 1. The molecule has 0 aliphatic rings. The zero-order valence-electron chi connectivity index (χ0n) is 9.62. The Kier molecular flexibility index (Phi) is 3.57.